The van der Waals surface area contributed by atoms with E-state index < -0.39 is 10.0 Å². The number of carbonyl (C=O) groups is 1. The predicted molar refractivity (Wildman–Crippen MR) is 112 cm³/mol. The standard InChI is InChI=1S/C21H28N2O4S/c1-15(2)13-20(16-9-11-19(27-4)12-10-16)22-21(24)17-7-6-8-18(14-17)23(3)28(5,25)26/h6-12,14-15,20H,13H2,1-5H3,(H,22,24). The van der Waals surface area contributed by atoms with Gasteiger partial charge in [0.2, 0.25) is 10.0 Å². The lowest BCUT2D eigenvalue weighted by Gasteiger charge is -2.22. The van der Waals surface area contributed by atoms with Gasteiger partial charge in [-0.05, 0) is 48.2 Å². The zero-order chi connectivity index (χ0) is 20.9. The number of sulfonamides is 1. The van der Waals surface area contributed by atoms with Gasteiger partial charge >= 0.3 is 0 Å². The Morgan fingerprint density at radius 3 is 2.32 bits per heavy atom. The Morgan fingerprint density at radius 1 is 1.14 bits per heavy atom. The molecule has 2 rings (SSSR count). The van der Waals surface area contributed by atoms with Gasteiger partial charge in [0.25, 0.3) is 5.91 Å². The van der Waals surface area contributed by atoms with Crippen LogP contribution in [0.3, 0.4) is 0 Å². The molecule has 1 atom stereocenters. The molecule has 0 aliphatic carbocycles. The van der Waals surface area contributed by atoms with E-state index in [1.54, 1.807) is 31.4 Å². The van der Waals surface area contributed by atoms with Crippen LogP contribution in [0.5, 0.6) is 5.75 Å². The minimum absolute atomic E-state index is 0.158. The van der Waals surface area contributed by atoms with Crippen molar-refractivity contribution in [2.24, 2.45) is 5.92 Å². The summed E-state index contributed by atoms with van der Waals surface area (Å²) in [7, 11) is -0.320. The lowest BCUT2D eigenvalue weighted by molar-refractivity contribution is 0.0932. The van der Waals surface area contributed by atoms with E-state index >= 15 is 0 Å². The number of nitrogens with one attached hydrogen (secondary N) is 1. The van der Waals surface area contributed by atoms with Crippen LogP contribution >= 0.6 is 0 Å². The predicted octanol–water partition coefficient (Wildman–Crippen LogP) is 3.61. The Morgan fingerprint density at radius 2 is 1.79 bits per heavy atom. The van der Waals surface area contributed by atoms with Crippen LogP contribution in [0.1, 0.15) is 42.2 Å². The van der Waals surface area contributed by atoms with E-state index in [4.69, 9.17) is 4.74 Å². The molecule has 0 saturated heterocycles. The summed E-state index contributed by atoms with van der Waals surface area (Å²) in [6.07, 6.45) is 1.91. The molecular weight excluding hydrogens is 376 g/mol. The molecule has 0 fully saturated rings. The van der Waals surface area contributed by atoms with Crippen LogP contribution in [0, 0.1) is 5.92 Å². The van der Waals surface area contributed by atoms with Gasteiger partial charge in [0, 0.05) is 12.6 Å². The molecule has 6 nitrogen and oxygen atoms in total. The van der Waals surface area contributed by atoms with Crippen molar-refractivity contribution >= 4 is 21.6 Å². The van der Waals surface area contributed by atoms with Gasteiger partial charge < -0.3 is 10.1 Å². The SMILES string of the molecule is COc1ccc(C(CC(C)C)NC(=O)c2cccc(N(C)S(C)(=O)=O)c2)cc1. The molecule has 7 heteroatoms. The number of nitrogens with zero attached hydrogens (tertiary/aromatic N) is 1. The molecule has 1 unspecified atom stereocenters. The van der Waals surface area contributed by atoms with Gasteiger partial charge in [-0.25, -0.2) is 8.42 Å². The third-order valence-corrected chi connectivity index (χ3v) is 5.71. The molecule has 28 heavy (non-hydrogen) atoms. The highest BCUT2D eigenvalue weighted by atomic mass is 32.2. The van der Waals surface area contributed by atoms with Crippen molar-refractivity contribution in [1.82, 2.24) is 5.32 Å². The summed E-state index contributed by atoms with van der Waals surface area (Å²) in [6, 6.07) is 14.1. The van der Waals surface area contributed by atoms with Crippen molar-refractivity contribution in [1.29, 1.82) is 0 Å². The third-order valence-electron chi connectivity index (χ3n) is 4.50. The molecular formula is C21H28N2O4S. The van der Waals surface area contributed by atoms with E-state index in [9.17, 15) is 13.2 Å². The molecule has 152 valence electrons. The van der Waals surface area contributed by atoms with Crippen LogP contribution in [0.15, 0.2) is 48.5 Å². The number of benzene rings is 2. The first kappa shape index (κ1) is 21.8. The van der Waals surface area contributed by atoms with Crippen molar-refractivity contribution < 1.29 is 17.9 Å². The minimum atomic E-state index is -3.40. The van der Waals surface area contributed by atoms with Gasteiger partial charge in [0.1, 0.15) is 5.75 Å². The average molecular weight is 405 g/mol. The summed E-state index contributed by atoms with van der Waals surface area (Å²) in [6.45, 7) is 4.20. The molecule has 0 aliphatic rings. The molecule has 0 aliphatic heterocycles. The van der Waals surface area contributed by atoms with Crippen LogP contribution in [0.25, 0.3) is 0 Å². The zero-order valence-electron chi connectivity index (χ0n) is 17.0. The molecule has 0 saturated carbocycles. The van der Waals surface area contributed by atoms with Gasteiger partial charge in [-0.3, -0.25) is 9.10 Å². The minimum Gasteiger partial charge on any atom is -0.497 e. The maximum atomic E-state index is 12.9. The highest BCUT2D eigenvalue weighted by Gasteiger charge is 2.19. The molecule has 2 aromatic rings. The van der Waals surface area contributed by atoms with Gasteiger partial charge in [0.05, 0.1) is 25.1 Å². The Balaban J connectivity index is 2.25. The molecule has 0 radical (unpaired) electrons. The van der Waals surface area contributed by atoms with E-state index in [2.05, 4.69) is 19.2 Å². The topological polar surface area (TPSA) is 75.7 Å². The van der Waals surface area contributed by atoms with Crippen molar-refractivity contribution in [3.05, 3.63) is 59.7 Å². The van der Waals surface area contributed by atoms with E-state index in [-0.39, 0.29) is 11.9 Å². The highest BCUT2D eigenvalue weighted by molar-refractivity contribution is 7.92. The number of hydrogen-bond acceptors (Lipinski definition) is 4. The van der Waals surface area contributed by atoms with Crippen LogP contribution in [-0.2, 0) is 10.0 Å². The number of carbonyl (C=O) groups excluding carboxylic acids is 1. The summed E-state index contributed by atoms with van der Waals surface area (Å²) < 4.78 is 29.9. The number of methoxy groups -OCH3 is 1. The van der Waals surface area contributed by atoms with E-state index in [0.29, 0.717) is 17.2 Å². The number of rotatable bonds is 8. The summed E-state index contributed by atoms with van der Waals surface area (Å²) in [5, 5.41) is 3.08. The Bertz CT molecular complexity index is 908. The second-order valence-electron chi connectivity index (χ2n) is 7.21. The maximum Gasteiger partial charge on any atom is 0.251 e. The molecule has 1 amide bonds. The zero-order valence-corrected chi connectivity index (χ0v) is 17.8. The summed E-state index contributed by atoms with van der Waals surface area (Å²) in [5.41, 5.74) is 1.85. The van der Waals surface area contributed by atoms with Gasteiger partial charge in [-0.1, -0.05) is 32.0 Å². The molecule has 0 spiro atoms. The van der Waals surface area contributed by atoms with Gasteiger partial charge in [-0.15, -0.1) is 0 Å². The number of anilines is 1. The van der Waals surface area contributed by atoms with Crippen LogP contribution in [0.2, 0.25) is 0 Å². The first-order chi connectivity index (χ1) is 13.1. The smallest absolute Gasteiger partial charge is 0.251 e. The third kappa shape index (κ3) is 5.73. The molecule has 0 bridgehead atoms. The molecule has 1 N–H and O–H groups in total. The number of ether oxygens (including phenoxy) is 1. The highest BCUT2D eigenvalue weighted by Crippen LogP contribution is 2.25. The average Bonchev–Trinajstić information content (AvgIpc) is 2.66. The second-order valence-corrected chi connectivity index (χ2v) is 9.22. The first-order valence-electron chi connectivity index (χ1n) is 9.10. The van der Waals surface area contributed by atoms with E-state index in [1.165, 1.54) is 7.05 Å². The Labute approximate surface area is 167 Å². The fourth-order valence-corrected chi connectivity index (χ4v) is 3.36. The summed E-state index contributed by atoms with van der Waals surface area (Å²) in [4.78, 5) is 12.9. The maximum absolute atomic E-state index is 12.9. The van der Waals surface area contributed by atoms with Crippen molar-refractivity contribution in [2.45, 2.75) is 26.3 Å². The fourth-order valence-electron chi connectivity index (χ4n) is 2.86. The lowest BCUT2D eigenvalue weighted by atomic mass is 9.96. The normalized spacial score (nSPS) is 12.5. The van der Waals surface area contributed by atoms with Crippen LogP contribution in [0.4, 0.5) is 5.69 Å². The van der Waals surface area contributed by atoms with Crippen molar-refractivity contribution in [3.63, 3.8) is 0 Å². The van der Waals surface area contributed by atoms with Crippen molar-refractivity contribution in [2.75, 3.05) is 24.7 Å². The van der Waals surface area contributed by atoms with Gasteiger partial charge in [0.15, 0.2) is 0 Å². The van der Waals surface area contributed by atoms with E-state index in [0.717, 1.165) is 28.3 Å². The summed E-state index contributed by atoms with van der Waals surface area (Å²) in [5.74, 6) is 0.898. The fraction of sp³-hybridized carbons (Fsp3) is 0.381. The first-order valence-corrected chi connectivity index (χ1v) is 11.0. The van der Waals surface area contributed by atoms with Crippen molar-refractivity contribution in [3.8, 4) is 5.75 Å². The van der Waals surface area contributed by atoms with E-state index in [1.807, 2.05) is 24.3 Å². The Kier molecular flexibility index (Phi) is 7.07. The number of hydrogen-bond donors (Lipinski definition) is 1. The summed E-state index contributed by atoms with van der Waals surface area (Å²) >= 11 is 0. The lowest BCUT2D eigenvalue weighted by Crippen LogP contribution is -2.30. The monoisotopic (exact) mass is 404 g/mol. The Hall–Kier alpha value is -2.54. The quantitative estimate of drug-likeness (QED) is 0.729. The van der Waals surface area contributed by atoms with Crippen LogP contribution < -0.4 is 14.4 Å². The second kappa shape index (κ2) is 9.10. The van der Waals surface area contributed by atoms with Crippen LogP contribution in [-0.4, -0.2) is 34.7 Å². The number of amides is 1. The largest absolute Gasteiger partial charge is 0.497 e. The molecule has 2 aromatic carbocycles. The molecule has 0 aromatic heterocycles. The van der Waals surface area contributed by atoms with Gasteiger partial charge in [-0.2, -0.15) is 0 Å². The molecule has 0 heterocycles.